The van der Waals surface area contributed by atoms with Gasteiger partial charge in [0.15, 0.2) is 0 Å². The Hall–Kier alpha value is -1.95. The predicted octanol–water partition coefficient (Wildman–Crippen LogP) is 3.96. The molecule has 26 heavy (non-hydrogen) atoms. The summed E-state index contributed by atoms with van der Waals surface area (Å²) in [6.07, 6.45) is 2.63. The van der Waals surface area contributed by atoms with Gasteiger partial charge in [-0.2, -0.15) is 5.06 Å². The maximum Gasteiger partial charge on any atom is 0.204 e. The standard InChI is InChI=1S/C21H23NO3S/c1-16(26(23,24)18-11-6-3-7-12-18)21-19-13-8-14-20(19)22(25-21)15-17-9-4-2-5-10-17/h2-7,9-12,19-21H,1,8,13-15H2/t19-,20+,21+/m0/s1. The molecule has 2 fully saturated rings. The molecule has 5 heteroatoms. The summed E-state index contributed by atoms with van der Waals surface area (Å²) in [6.45, 7) is 4.61. The number of hydrogen-bond acceptors (Lipinski definition) is 4. The van der Waals surface area contributed by atoms with E-state index in [0.29, 0.717) is 6.54 Å². The highest BCUT2D eigenvalue weighted by Gasteiger charge is 2.49. The average molecular weight is 369 g/mol. The molecule has 2 aromatic rings. The molecular formula is C21H23NO3S. The first kappa shape index (κ1) is 17.5. The minimum Gasteiger partial charge on any atom is -0.289 e. The minimum atomic E-state index is -3.60. The molecular weight excluding hydrogens is 346 g/mol. The second kappa shape index (κ2) is 6.99. The first-order valence-corrected chi connectivity index (χ1v) is 10.5. The van der Waals surface area contributed by atoms with Crippen molar-refractivity contribution in [2.45, 2.75) is 42.8 Å². The summed E-state index contributed by atoms with van der Waals surface area (Å²) in [5.41, 5.74) is 1.16. The van der Waals surface area contributed by atoms with Crippen molar-refractivity contribution in [2.75, 3.05) is 0 Å². The monoisotopic (exact) mass is 369 g/mol. The Bertz CT molecular complexity index is 880. The maximum absolute atomic E-state index is 13.0. The Balaban J connectivity index is 1.58. The molecule has 3 atom stereocenters. The van der Waals surface area contributed by atoms with E-state index in [1.54, 1.807) is 24.3 Å². The van der Waals surface area contributed by atoms with Gasteiger partial charge >= 0.3 is 0 Å². The van der Waals surface area contributed by atoms with Crippen LogP contribution in [0.2, 0.25) is 0 Å². The quantitative estimate of drug-likeness (QED) is 0.800. The number of nitrogens with zero attached hydrogens (tertiary/aromatic N) is 1. The molecule has 0 bridgehead atoms. The van der Waals surface area contributed by atoms with Crippen molar-refractivity contribution in [3.63, 3.8) is 0 Å². The third-order valence-electron chi connectivity index (χ3n) is 5.44. The second-order valence-electron chi connectivity index (χ2n) is 7.03. The van der Waals surface area contributed by atoms with Crippen molar-refractivity contribution >= 4 is 9.84 Å². The molecule has 1 saturated heterocycles. The van der Waals surface area contributed by atoms with E-state index in [1.807, 2.05) is 29.3 Å². The molecule has 136 valence electrons. The lowest BCUT2D eigenvalue weighted by atomic mass is 9.98. The number of sulfone groups is 1. The largest absolute Gasteiger partial charge is 0.289 e. The zero-order chi connectivity index (χ0) is 18.1. The van der Waals surface area contributed by atoms with E-state index >= 15 is 0 Å². The lowest BCUT2D eigenvalue weighted by molar-refractivity contribution is -0.161. The Morgan fingerprint density at radius 2 is 1.69 bits per heavy atom. The van der Waals surface area contributed by atoms with Gasteiger partial charge in [-0.25, -0.2) is 8.42 Å². The van der Waals surface area contributed by atoms with Crippen LogP contribution in [0.5, 0.6) is 0 Å². The molecule has 0 spiro atoms. The van der Waals surface area contributed by atoms with E-state index in [4.69, 9.17) is 4.84 Å². The average Bonchev–Trinajstić information content (AvgIpc) is 3.27. The molecule has 0 amide bonds. The number of fused-ring (bicyclic) bond motifs is 1. The van der Waals surface area contributed by atoms with Crippen LogP contribution in [0.15, 0.2) is 77.0 Å². The van der Waals surface area contributed by atoms with Crippen molar-refractivity contribution in [3.8, 4) is 0 Å². The number of hydrogen-bond donors (Lipinski definition) is 0. The van der Waals surface area contributed by atoms with Gasteiger partial charge in [0.1, 0.15) is 6.10 Å². The third kappa shape index (κ3) is 3.11. The fourth-order valence-electron chi connectivity index (χ4n) is 4.10. The molecule has 0 radical (unpaired) electrons. The zero-order valence-corrected chi connectivity index (χ0v) is 15.4. The van der Waals surface area contributed by atoms with E-state index < -0.39 is 15.9 Å². The third-order valence-corrected chi connectivity index (χ3v) is 7.25. The fourth-order valence-corrected chi connectivity index (χ4v) is 5.44. The second-order valence-corrected chi connectivity index (χ2v) is 9.03. The van der Waals surface area contributed by atoms with Crippen molar-refractivity contribution < 1.29 is 13.3 Å². The zero-order valence-electron chi connectivity index (χ0n) is 14.6. The number of rotatable bonds is 5. The molecule has 2 aromatic carbocycles. The smallest absolute Gasteiger partial charge is 0.204 e. The molecule has 0 unspecified atom stereocenters. The van der Waals surface area contributed by atoms with Crippen LogP contribution in [-0.4, -0.2) is 25.6 Å². The predicted molar refractivity (Wildman–Crippen MR) is 101 cm³/mol. The molecule has 1 aliphatic carbocycles. The highest BCUT2D eigenvalue weighted by molar-refractivity contribution is 7.95. The van der Waals surface area contributed by atoms with Gasteiger partial charge in [-0.05, 0) is 30.5 Å². The van der Waals surface area contributed by atoms with Gasteiger partial charge in [0, 0.05) is 18.5 Å². The molecule has 1 aliphatic heterocycles. The van der Waals surface area contributed by atoms with E-state index in [2.05, 4.69) is 18.7 Å². The van der Waals surface area contributed by atoms with E-state index in [9.17, 15) is 8.42 Å². The Kier molecular flexibility index (Phi) is 4.69. The lowest BCUT2D eigenvalue weighted by Gasteiger charge is -2.22. The van der Waals surface area contributed by atoms with Crippen LogP contribution >= 0.6 is 0 Å². The summed E-state index contributed by atoms with van der Waals surface area (Å²) in [7, 11) is -3.60. The van der Waals surface area contributed by atoms with Crippen LogP contribution in [-0.2, 0) is 21.2 Å². The van der Waals surface area contributed by atoms with Crippen LogP contribution in [0.1, 0.15) is 24.8 Å². The van der Waals surface area contributed by atoms with Crippen molar-refractivity contribution in [3.05, 3.63) is 77.7 Å². The van der Waals surface area contributed by atoms with Crippen LogP contribution in [0, 0.1) is 5.92 Å². The summed E-state index contributed by atoms with van der Waals surface area (Å²) in [5, 5.41) is 1.98. The van der Waals surface area contributed by atoms with E-state index in [0.717, 1.165) is 24.8 Å². The minimum absolute atomic E-state index is 0.177. The van der Waals surface area contributed by atoms with Crippen LogP contribution in [0.3, 0.4) is 0 Å². The number of hydroxylamine groups is 2. The van der Waals surface area contributed by atoms with Gasteiger partial charge in [0.25, 0.3) is 0 Å². The highest BCUT2D eigenvalue weighted by Crippen LogP contribution is 2.44. The molecule has 4 rings (SSSR count). The van der Waals surface area contributed by atoms with Gasteiger partial charge in [0.2, 0.25) is 9.84 Å². The molecule has 0 aromatic heterocycles. The molecule has 2 aliphatic rings. The Morgan fingerprint density at radius 3 is 2.38 bits per heavy atom. The van der Waals surface area contributed by atoms with Gasteiger partial charge in [0.05, 0.1) is 9.80 Å². The van der Waals surface area contributed by atoms with Gasteiger partial charge < -0.3 is 0 Å². The first-order valence-electron chi connectivity index (χ1n) is 9.03. The van der Waals surface area contributed by atoms with E-state index in [1.165, 1.54) is 0 Å². The van der Waals surface area contributed by atoms with Crippen molar-refractivity contribution in [1.82, 2.24) is 5.06 Å². The van der Waals surface area contributed by atoms with Crippen LogP contribution < -0.4 is 0 Å². The summed E-state index contributed by atoms with van der Waals surface area (Å²) >= 11 is 0. The van der Waals surface area contributed by atoms with Crippen LogP contribution in [0.4, 0.5) is 0 Å². The molecule has 0 N–H and O–H groups in total. The molecule has 1 saturated carbocycles. The summed E-state index contributed by atoms with van der Waals surface area (Å²) in [6, 6.07) is 18.9. The van der Waals surface area contributed by atoms with Crippen LogP contribution in [0.25, 0.3) is 0 Å². The summed E-state index contributed by atoms with van der Waals surface area (Å²) in [5.74, 6) is 0.185. The topological polar surface area (TPSA) is 46.6 Å². The van der Waals surface area contributed by atoms with Gasteiger partial charge in [-0.1, -0.05) is 61.5 Å². The normalized spacial score (nSPS) is 25.9. The summed E-state index contributed by atoms with van der Waals surface area (Å²) < 4.78 is 25.9. The van der Waals surface area contributed by atoms with Crippen molar-refractivity contribution in [2.24, 2.45) is 5.92 Å². The van der Waals surface area contributed by atoms with Crippen molar-refractivity contribution in [1.29, 1.82) is 0 Å². The first-order chi connectivity index (χ1) is 12.6. The SMILES string of the molecule is C=C([C@H]1ON(Cc2ccccc2)[C@@H]2CCC[C@H]12)S(=O)(=O)c1ccccc1. The molecule has 1 heterocycles. The van der Waals surface area contributed by atoms with Gasteiger partial charge in [-0.3, -0.25) is 4.84 Å². The van der Waals surface area contributed by atoms with Gasteiger partial charge in [-0.15, -0.1) is 0 Å². The van der Waals surface area contributed by atoms with E-state index in [-0.39, 0.29) is 21.8 Å². The lowest BCUT2D eigenvalue weighted by Crippen LogP contribution is -2.28. The summed E-state index contributed by atoms with van der Waals surface area (Å²) in [4.78, 5) is 6.62. The molecule has 4 nitrogen and oxygen atoms in total. The fraction of sp³-hybridized carbons (Fsp3) is 0.333. The number of benzene rings is 2. The Labute approximate surface area is 155 Å². The Morgan fingerprint density at radius 1 is 1.04 bits per heavy atom. The highest BCUT2D eigenvalue weighted by atomic mass is 32.2. The maximum atomic E-state index is 13.0.